The van der Waals surface area contributed by atoms with E-state index in [2.05, 4.69) is 5.32 Å². The lowest BCUT2D eigenvalue weighted by molar-refractivity contribution is -0.139. The molecule has 0 saturated heterocycles. The van der Waals surface area contributed by atoms with Crippen molar-refractivity contribution in [2.24, 2.45) is 0 Å². The first-order valence-electron chi connectivity index (χ1n) is 10.6. The van der Waals surface area contributed by atoms with Crippen LogP contribution in [0.1, 0.15) is 36.1 Å². The Morgan fingerprint density at radius 2 is 1.69 bits per heavy atom. The molecule has 0 saturated carbocycles. The highest BCUT2D eigenvalue weighted by atomic mass is 32.2. The van der Waals surface area contributed by atoms with E-state index in [-0.39, 0.29) is 12.5 Å². The number of rotatable bonds is 9. The number of carbonyl (C=O) groups excluding carboxylic acids is 2. The van der Waals surface area contributed by atoms with E-state index in [1.807, 2.05) is 64.1 Å². The van der Waals surface area contributed by atoms with Crippen molar-refractivity contribution in [2.45, 2.75) is 47.2 Å². The average molecular weight is 460 g/mol. The van der Waals surface area contributed by atoms with E-state index in [9.17, 15) is 18.0 Å². The van der Waals surface area contributed by atoms with Gasteiger partial charge in [-0.25, -0.2) is 8.42 Å². The zero-order valence-electron chi connectivity index (χ0n) is 19.7. The summed E-state index contributed by atoms with van der Waals surface area (Å²) in [6.45, 7) is 9.39. The zero-order valence-corrected chi connectivity index (χ0v) is 20.5. The summed E-state index contributed by atoms with van der Waals surface area (Å²) >= 11 is 0. The monoisotopic (exact) mass is 459 g/mol. The van der Waals surface area contributed by atoms with E-state index in [1.165, 1.54) is 4.90 Å². The molecular formula is C24H33N3O4S. The lowest BCUT2D eigenvalue weighted by atomic mass is 10.1. The van der Waals surface area contributed by atoms with E-state index >= 15 is 0 Å². The Kier molecular flexibility index (Phi) is 8.44. The third-order valence-electron chi connectivity index (χ3n) is 5.25. The van der Waals surface area contributed by atoms with Crippen molar-refractivity contribution in [1.29, 1.82) is 0 Å². The molecule has 0 spiro atoms. The molecule has 0 unspecified atom stereocenters. The number of likely N-dealkylation sites (N-methyl/N-ethyl adjacent to an activating group) is 1. The molecule has 0 aromatic heterocycles. The number of nitrogens with zero attached hydrogens (tertiary/aromatic N) is 2. The Labute approximate surface area is 191 Å². The maximum Gasteiger partial charge on any atom is 0.244 e. The number of hydrogen-bond donors (Lipinski definition) is 1. The smallest absolute Gasteiger partial charge is 0.244 e. The summed E-state index contributed by atoms with van der Waals surface area (Å²) in [4.78, 5) is 27.4. The van der Waals surface area contributed by atoms with Gasteiger partial charge in [-0.3, -0.25) is 13.9 Å². The second-order valence-electron chi connectivity index (χ2n) is 8.14. The third kappa shape index (κ3) is 6.56. The molecule has 1 N–H and O–H groups in total. The molecule has 0 aliphatic rings. The summed E-state index contributed by atoms with van der Waals surface area (Å²) < 4.78 is 26.3. The van der Waals surface area contributed by atoms with Crippen LogP contribution in [-0.4, -0.2) is 50.5 Å². The second-order valence-corrected chi connectivity index (χ2v) is 10.0. The first-order valence-corrected chi connectivity index (χ1v) is 12.5. The molecule has 8 heteroatoms. The van der Waals surface area contributed by atoms with Crippen LogP contribution in [-0.2, 0) is 26.2 Å². The largest absolute Gasteiger partial charge is 0.355 e. The van der Waals surface area contributed by atoms with Gasteiger partial charge in [0.1, 0.15) is 12.6 Å². The molecule has 1 atom stereocenters. The molecule has 2 aromatic carbocycles. The minimum absolute atomic E-state index is 0.198. The fourth-order valence-electron chi connectivity index (χ4n) is 3.59. The van der Waals surface area contributed by atoms with Crippen molar-refractivity contribution >= 4 is 27.5 Å². The highest BCUT2D eigenvalue weighted by Gasteiger charge is 2.30. The maximum absolute atomic E-state index is 13.4. The number of benzene rings is 2. The van der Waals surface area contributed by atoms with Crippen LogP contribution in [0.5, 0.6) is 0 Å². The van der Waals surface area contributed by atoms with Crippen LogP contribution in [0.4, 0.5) is 5.69 Å². The first kappa shape index (κ1) is 25.4. The Morgan fingerprint density at radius 1 is 1.03 bits per heavy atom. The highest BCUT2D eigenvalue weighted by molar-refractivity contribution is 7.92. The minimum atomic E-state index is -3.73. The molecule has 0 fully saturated rings. The molecule has 0 bridgehead atoms. The molecule has 7 nitrogen and oxygen atoms in total. The fraction of sp³-hybridized carbons (Fsp3) is 0.417. The Bertz CT molecular complexity index is 1080. The Balaban J connectivity index is 2.42. The minimum Gasteiger partial charge on any atom is -0.355 e. The number of sulfonamides is 1. The molecular weight excluding hydrogens is 426 g/mol. The molecule has 0 aliphatic heterocycles. The molecule has 0 radical (unpaired) electrons. The van der Waals surface area contributed by atoms with Crippen molar-refractivity contribution < 1.29 is 18.0 Å². The van der Waals surface area contributed by atoms with Gasteiger partial charge in [-0.05, 0) is 51.8 Å². The third-order valence-corrected chi connectivity index (χ3v) is 6.38. The predicted molar refractivity (Wildman–Crippen MR) is 128 cm³/mol. The van der Waals surface area contributed by atoms with Gasteiger partial charge in [0.25, 0.3) is 0 Å². The summed E-state index contributed by atoms with van der Waals surface area (Å²) in [5, 5.41) is 2.74. The van der Waals surface area contributed by atoms with Crippen molar-refractivity contribution in [3.8, 4) is 0 Å². The van der Waals surface area contributed by atoms with Crippen LogP contribution in [0.25, 0.3) is 0 Å². The van der Waals surface area contributed by atoms with Crippen LogP contribution >= 0.6 is 0 Å². The van der Waals surface area contributed by atoms with Crippen LogP contribution < -0.4 is 9.62 Å². The van der Waals surface area contributed by atoms with E-state index < -0.39 is 28.5 Å². The quantitative estimate of drug-likeness (QED) is 0.625. The number of aryl methyl sites for hydroxylation is 3. The zero-order chi connectivity index (χ0) is 24.1. The lowest BCUT2D eigenvalue weighted by Crippen LogP contribution is -2.51. The van der Waals surface area contributed by atoms with E-state index in [0.29, 0.717) is 12.2 Å². The molecule has 0 heterocycles. The molecule has 174 valence electrons. The summed E-state index contributed by atoms with van der Waals surface area (Å²) in [6, 6.07) is 12.3. The van der Waals surface area contributed by atoms with Crippen molar-refractivity contribution in [2.75, 3.05) is 23.7 Å². The number of anilines is 1. The summed E-state index contributed by atoms with van der Waals surface area (Å²) in [5.74, 6) is -0.735. The van der Waals surface area contributed by atoms with Crippen LogP contribution in [0, 0.1) is 20.8 Å². The number of carbonyl (C=O) groups is 2. The molecule has 32 heavy (non-hydrogen) atoms. The fourth-order valence-corrected chi connectivity index (χ4v) is 4.50. The van der Waals surface area contributed by atoms with Gasteiger partial charge in [-0.15, -0.1) is 0 Å². The molecule has 2 rings (SSSR count). The first-order chi connectivity index (χ1) is 14.9. The summed E-state index contributed by atoms with van der Waals surface area (Å²) in [5.41, 5.74) is 4.11. The van der Waals surface area contributed by atoms with Crippen molar-refractivity contribution in [1.82, 2.24) is 10.2 Å². The van der Waals surface area contributed by atoms with E-state index in [0.717, 1.165) is 32.8 Å². The summed E-state index contributed by atoms with van der Waals surface area (Å²) in [7, 11) is -3.73. The summed E-state index contributed by atoms with van der Waals surface area (Å²) in [6.07, 6.45) is 1.08. The van der Waals surface area contributed by atoms with Gasteiger partial charge in [-0.1, -0.05) is 47.5 Å². The van der Waals surface area contributed by atoms with Crippen LogP contribution in [0.3, 0.4) is 0 Å². The Hall–Kier alpha value is -2.87. The predicted octanol–water partition coefficient (Wildman–Crippen LogP) is 2.93. The highest BCUT2D eigenvalue weighted by Crippen LogP contribution is 2.24. The second kappa shape index (κ2) is 10.6. The van der Waals surface area contributed by atoms with Gasteiger partial charge >= 0.3 is 0 Å². The molecule has 0 aliphatic carbocycles. The molecule has 2 aromatic rings. The Morgan fingerprint density at radius 3 is 2.25 bits per heavy atom. The van der Waals surface area contributed by atoms with Crippen molar-refractivity contribution in [3.05, 3.63) is 64.7 Å². The van der Waals surface area contributed by atoms with Gasteiger partial charge in [0, 0.05) is 13.1 Å². The van der Waals surface area contributed by atoms with Gasteiger partial charge in [0.2, 0.25) is 21.8 Å². The van der Waals surface area contributed by atoms with E-state index in [4.69, 9.17) is 0 Å². The number of nitrogens with one attached hydrogen (secondary N) is 1. The number of hydrogen-bond acceptors (Lipinski definition) is 4. The number of amides is 2. The van der Waals surface area contributed by atoms with E-state index in [1.54, 1.807) is 13.0 Å². The van der Waals surface area contributed by atoms with Gasteiger partial charge in [0.05, 0.1) is 11.9 Å². The molecule has 2 amide bonds. The normalized spacial score (nSPS) is 12.2. The van der Waals surface area contributed by atoms with Gasteiger partial charge < -0.3 is 10.2 Å². The van der Waals surface area contributed by atoms with Gasteiger partial charge in [-0.2, -0.15) is 0 Å². The standard InChI is InChI=1S/C24H33N3O4S/c1-7-25-24(29)20(5)26(15-21-10-8-9-17(2)14-21)23(28)16-27(32(6,30)31)22-12-11-18(3)13-19(22)4/h8-14,20H,7,15-16H2,1-6H3,(H,25,29)/t20-/m0/s1. The average Bonchev–Trinajstić information content (AvgIpc) is 2.69. The van der Waals surface area contributed by atoms with Crippen molar-refractivity contribution in [3.63, 3.8) is 0 Å². The van der Waals surface area contributed by atoms with Gasteiger partial charge in [0.15, 0.2) is 0 Å². The van der Waals surface area contributed by atoms with Crippen LogP contribution in [0.15, 0.2) is 42.5 Å². The van der Waals surface area contributed by atoms with Crippen LogP contribution in [0.2, 0.25) is 0 Å². The lowest BCUT2D eigenvalue weighted by Gasteiger charge is -2.32. The SMILES string of the molecule is CCNC(=O)[C@H](C)N(Cc1cccc(C)c1)C(=O)CN(c1ccc(C)cc1C)S(C)(=O)=O. The topological polar surface area (TPSA) is 86.8 Å². The maximum atomic E-state index is 13.4.